The fourth-order valence-electron chi connectivity index (χ4n) is 3.41. The molecule has 3 aliphatic heterocycles. The van der Waals surface area contributed by atoms with E-state index in [1.165, 1.54) is 0 Å². The molecule has 2 atom stereocenters. The molecule has 0 radical (unpaired) electrons. The number of amides is 2. The minimum atomic E-state index is -0.214. The Kier molecular flexibility index (Phi) is 5.85. The van der Waals surface area contributed by atoms with E-state index in [2.05, 4.69) is 10.2 Å². The van der Waals surface area contributed by atoms with Gasteiger partial charge in [-0.1, -0.05) is 0 Å². The number of nitrogens with one attached hydrogen (secondary N) is 1. The third-order valence-corrected chi connectivity index (χ3v) is 4.90. The topological polar surface area (TPSA) is 71.1 Å². The molecule has 3 heterocycles. The van der Waals surface area contributed by atoms with Gasteiger partial charge in [-0.25, -0.2) is 0 Å². The highest BCUT2D eigenvalue weighted by Gasteiger charge is 2.34. The second-order valence-corrected chi connectivity index (χ2v) is 6.57. The largest absolute Gasteiger partial charge is 0.379 e. The summed E-state index contributed by atoms with van der Waals surface area (Å²) in [6.07, 6.45) is 2.56. The molecule has 0 saturated carbocycles. The van der Waals surface area contributed by atoms with Gasteiger partial charge >= 0.3 is 0 Å². The van der Waals surface area contributed by atoms with Crippen LogP contribution >= 0.6 is 0 Å². The van der Waals surface area contributed by atoms with E-state index in [9.17, 15) is 9.59 Å². The maximum absolute atomic E-state index is 12.2. The predicted molar refractivity (Wildman–Crippen MR) is 83.9 cm³/mol. The van der Waals surface area contributed by atoms with Crippen LogP contribution in [0.25, 0.3) is 0 Å². The van der Waals surface area contributed by atoms with Crippen LogP contribution in [0.4, 0.5) is 0 Å². The van der Waals surface area contributed by atoms with E-state index in [4.69, 9.17) is 9.47 Å². The number of hydrogen-bond acceptors (Lipinski definition) is 5. The molecule has 2 unspecified atom stereocenters. The third-order valence-electron chi connectivity index (χ3n) is 4.90. The van der Waals surface area contributed by atoms with Gasteiger partial charge in [0.25, 0.3) is 0 Å². The zero-order valence-corrected chi connectivity index (χ0v) is 13.7. The third kappa shape index (κ3) is 4.65. The zero-order valence-electron chi connectivity index (χ0n) is 13.7. The van der Waals surface area contributed by atoms with E-state index in [0.29, 0.717) is 26.1 Å². The van der Waals surface area contributed by atoms with Crippen molar-refractivity contribution in [1.82, 2.24) is 15.1 Å². The normalized spacial score (nSPS) is 29.2. The lowest BCUT2D eigenvalue weighted by Gasteiger charge is -2.28. The van der Waals surface area contributed by atoms with Crippen LogP contribution in [0, 0.1) is 5.92 Å². The van der Waals surface area contributed by atoms with Crippen LogP contribution in [-0.4, -0.2) is 86.8 Å². The van der Waals surface area contributed by atoms with Crippen LogP contribution in [0.1, 0.15) is 19.3 Å². The van der Waals surface area contributed by atoms with Crippen molar-refractivity contribution in [2.24, 2.45) is 5.92 Å². The van der Waals surface area contributed by atoms with E-state index in [1.807, 2.05) is 4.90 Å². The molecule has 0 aliphatic carbocycles. The fourth-order valence-corrected chi connectivity index (χ4v) is 3.41. The molecular weight excluding hydrogens is 298 g/mol. The molecule has 3 saturated heterocycles. The van der Waals surface area contributed by atoms with Crippen molar-refractivity contribution in [1.29, 1.82) is 0 Å². The van der Waals surface area contributed by atoms with Crippen molar-refractivity contribution in [3.8, 4) is 0 Å². The summed E-state index contributed by atoms with van der Waals surface area (Å²) in [5.41, 5.74) is 0. The summed E-state index contributed by atoms with van der Waals surface area (Å²) in [7, 11) is 0. The lowest BCUT2D eigenvalue weighted by molar-refractivity contribution is -0.129. The monoisotopic (exact) mass is 325 g/mol. The van der Waals surface area contributed by atoms with Gasteiger partial charge in [-0.2, -0.15) is 0 Å². The molecule has 7 nitrogen and oxygen atoms in total. The van der Waals surface area contributed by atoms with Crippen molar-refractivity contribution in [3.63, 3.8) is 0 Å². The lowest BCUT2D eigenvalue weighted by atomic mass is 10.1. The van der Waals surface area contributed by atoms with Gasteiger partial charge in [0.15, 0.2) is 0 Å². The molecular formula is C16H27N3O4. The molecule has 1 N–H and O–H groups in total. The maximum Gasteiger partial charge on any atom is 0.225 e. The van der Waals surface area contributed by atoms with Gasteiger partial charge in [-0.3, -0.25) is 14.5 Å². The SMILES string of the molecule is O=C(NCC1CCCO1)C1CC(=O)N(CCN2CCOCC2)C1. The van der Waals surface area contributed by atoms with Crippen LogP contribution in [0.2, 0.25) is 0 Å². The molecule has 7 heteroatoms. The average Bonchev–Trinajstić information content (AvgIpc) is 3.21. The van der Waals surface area contributed by atoms with Crippen molar-refractivity contribution in [2.75, 3.05) is 59.1 Å². The first-order chi connectivity index (χ1) is 11.2. The number of hydrogen-bond donors (Lipinski definition) is 1. The van der Waals surface area contributed by atoms with Gasteiger partial charge in [0, 0.05) is 52.3 Å². The van der Waals surface area contributed by atoms with Gasteiger partial charge in [-0.15, -0.1) is 0 Å². The summed E-state index contributed by atoms with van der Waals surface area (Å²) in [5, 5.41) is 2.94. The van der Waals surface area contributed by atoms with Gasteiger partial charge in [-0.05, 0) is 12.8 Å². The molecule has 0 spiro atoms. The predicted octanol–water partition coefficient (Wildman–Crippen LogP) is -0.538. The van der Waals surface area contributed by atoms with E-state index in [-0.39, 0.29) is 23.8 Å². The van der Waals surface area contributed by atoms with Gasteiger partial charge in [0.05, 0.1) is 25.2 Å². The molecule has 0 aromatic rings. The van der Waals surface area contributed by atoms with E-state index in [1.54, 1.807) is 0 Å². The number of likely N-dealkylation sites (tertiary alicyclic amines) is 1. The van der Waals surface area contributed by atoms with Crippen LogP contribution in [0.5, 0.6) is 0 Å². The number of carbonyl (C=O) groups is 2. The van der Waals surface area contributed by atoms with Crippen LogP contribution < -0.4 is 5.32 Å². The van der Waals surface area contributed by atoms with Crippen molar-refractivity contribution < 1.29 is 19.1 Å². The highest BCUT2D eigenvalue weighted by molar-refractivity contribution is 5.89. The number of rotatable bonds is 6. The highest BCUT2D eigenvalue weighted by atomic mass is 16.5. The van der Waals surface area contributed by atoms with Gasteiger partial charge in [0.2, 0.25) is 11.8 Å². The maximum atomic E-state index is 12.2. The summed E-state index contributed by atoms with van der Waals surface area (Å²) in [4.78, 5) is 28.5. The Morgan fingerprint density at radius 2 is 2.04 bits per heavy atom. The Morgan fingerprint density at radius 1 is 1.22 bits per heavy atom. The molecule has 3 rings (SSSR count). The zero-order chi connectivity index (χ0) is 16.1. The molecule has 0 bridgehead atoms. The smallest absolute Gasteiger partial charge is 0.225 e. The number of morpholine rings is 1. The molecule has 0 aromatic heterocycles. The van der Waals surface area contributed by atoms with Crippen LogP contribution in [-0.2, 0) is 19.1 Å². The standard InChI is InChI=1S/C16H27N3O4/c20-15-10-13(16(21)17-11-14-2-1-7-23-14)12-19(15)4-3-18-5-8-22-9-6-18/h13-14H,1-12H2,(H,17,21). The van der Waals surface area contributed by atoms with Gasteiger partial charge in [0.1, 0.15) is 0 Å². The summed E-state index contributed by atoms with van der Waals surface area (Å²) in [6.45, 7) is 6.84. The lowest BCUT2D eigenvalue weighted by Crippen LogP contribution is -2.42. The van der Waals surface area contributed by atoms with Crippen molar-refractivity contribution in [3.05, 3.63) is 0 Å². The Balaban J connectivity index is 1.38. The van der Waals surface area contributed by atoms with Crippen LogP contribution in [0.3, 0.4) is 0 Å². The summed E-state index contributed by atoms with van der Waals surface area (Å²) in [6, 6.07) is 0. The Morgan fingerprint density at radius 3 is 2.78 bits per heavy atom. The molecule has 130 valence electrons. The Bertz CT molecular complexity index is 420. The Hall–Kier alpha value is -1.18. The minimum Gasteiger partial charge on any atom is -0.379 e. The second kappa shape index (κ2) is 8.08. The summed E-state index contributed by atoms with van der Waals surface area (Å²) in [5.74, 6) is -0.133. The number of nitrogens with zero attached hydrogens (tertiary/aromatic N) is 2. The molecule has 3 fully saturated rings. The van der Waals surface area contributed by atoms with E-state index in [0.717, 1.165) is 52.3 Å². The summed E-state index contributed by atoms with van der Waals surface area (Å²) < 4.78 is 10.8. The Labute approximate surface area is 137 Å². The molecule has 2 amide bonds. The van der Waals surface area contributed by atoms with E-state index < -0.39 is 0 Å². The first kappa shape index (κ1) is 16.7. The number of carbonyl (C=O) groups excluding carboxylic acids is 2. The molecule has 3 aliphatic rings. The summed E-state index contributed by atoms with van der Waals surface area (Å²) >= 11 is 0. The van der Waals surface area contributed by atoms with Crippen molar-refractivity contribution >= 4 is 11.8 Å². The van der Waals surface area contributed by atoms with Crippen molar-refractivity contribution in [2.45, 2.75) is 25.4 Å². The highest BCUT2D eigenvalue weighted by Crippen LogP contribution is 2.18. The first-order valence-corrected chi connectivity index (χ1v) is 8.69. The van der Waals surface area contributed by atoms with Gasteiger partial charge < -0.3 is 19.7 Å². The molecule has 23 heavy (non-hydrogen) atoms. The quantitative estimate of drug-likeness (QED) is 0.710. The fraction of sp³-hybridized carbons (Fsp3) is 0.875. The first-order valence-electron chi connectivity index (χ1n) is 8.69. The second-order valence-electron chi connectivity index (χ2n) is 6.57. The molecule has 0 aromatic carbocycles. The van der Waals surface area contributed by atoms with E-state index >= 15 is 0 Å². The van der Waals surface area contributed by atoms with Crippen LogP contribution in [0.15, 0.2) is 0 Å². The average molecular weight is 325 g/mol. The number of ether oxygens (including phenoxy) is 2. The minimum absolute atomic E-state index is 0.0114.